The zero-order valence-electron chi connectivity index (χ0n) is 13.3. The number of carbonyl (C=O) groups excluding carboxylic acids is 1. The molecular weight excluding hydrogens is 291 g/mol. The van der Waals surface area contributed by atoms with Gasteiger partial charge in [0.1, 0.15) is 5.82 Å². The van der Waals surface area contributed by atoms with Crippen molar-refractivity contribution in [2.45, 2.75) is 31.3 Å². The van der Waals surface area contributed by atoms with Crippen LogP contribution in [0.15, 0.2) is 48.5 Å². The van der Waals surface area contributed by atoms with E-state index in [4.69, 9.17) is 0 Å². The zero-order chi connectivity index (χ0) is 16.4. The summed E-state index contributed by atoms with van der Waals surface area (Å²) in [5.41, 5.74) is 3.33. The lowest BCUT2D eigenvalue weighted by Gasteiger charge is -2.23. The smallest absolute Gasteiger partial charge is 0.227 e. The van der Waals surface area contributed by atoms with E-state index in [2.05, 4.69) is 22.8 Å². The lowest BCUT2D eigenvalue weighted by atomic mass is 9.99. The van der Waals surface area contributed by atoms with Gasteiger partial charge in [-0.05, 0) is 49.2 Å². The first-order valence-corrected chi connectivity index (χ1v) is 7.91. The third kappa shape index (κ3) is 3.13. The average Bonchev–Trinajstić information content (AvgIpc) is 2.91. The monoisotopic (exact) mass is 312 g/mol. The lowest BCUT2D eigenvalue weighted by molar-refractivity contribution is -0.123. The molecule has 3 nitrogen and oxygen atoms in total. The highest BCUT2D eigenvalue weighted by Gasteiger charge is 2.33. The Bertz CT molecular complexity index is 699. The van der Waals surface area contributed by atoms with E-state index < -0.39 is 0 Å². The Morgan fingerprint density at radius 3 is 2.57 bits per heavy atom. The number of benzene rings is 2. The predicted molar refractivity (Wildman–Crippen MR) is 88.7 cm³/mol. The maximum Gasteiger partial charge on any atom is 0.227 e. The minimum absolute atomic E-state index is 0.0327. The molecule has 0 aromatic heterocycles. The van der Waals surface area contributed by atoms with Gasteiger partial charge in [-0.1, -0.05) is 36.4 Å². The normalized spacial score (nSPS) is 20.8. The average molecular weight is 312 g/mol. The Hall–Kier alpha value is -2.20. The number of hydrogen-bond donors (Lipinski definition) is 2. The summed E-state index contributed by atoms with van der Waals surface area (Å²) in [5.74, 6) is -0.630. The van der Waals surface area contributed by atoms with E-state index in [-0.39, 0.29) is 29.7 Å². The quantitative estimate of drug-likeness (QED) is 0.911. The first kappa shape index (κ1) is 15.7. The highest BCUT2D eigenvalue weighted by Crippen LogP contribution is 2.31. The molecule has 3 atom stereocenters. The molecule has 0 aliphatic heterocycles. The van der Waals surface area contributed by atoms with Crippen LogP contribution in [0.3, 0.4) is 0 Å². The van der Waals surface area contributed by atoms with Crippen LogP contribution in [-0.4, -0.2) is 19.0 Å². The third-order valence-corrected chi connectivity index (χ3v) is 4.63. The molecule has 0 fully saturated rings. The van der Waals surface area contributed by atoms with Gasteiger partial charge in [-0.25, -0.2) is 4.39 Å². The molecule has 0 saturated carbocycles. The van der Waals surface area contributed by atoms with Gasteiger partial charge in [0.25, 0.3) is 0 Å². The molecule has 0 radical (unpaired) electrons. The van der Waals surface area contributed by atoms with Gasteiger partial charge >= 0.3 is 0 Å². The van der Waals surface area contributed by atoms with Crippen LogP contribution < -0.4 is 10.6 Å². The largest absolute Gasteiger partial charge is 0.351 e. The minimum Gasteiger partial charge on any atom is -0.351 e. The van der Waals surface area contributed by atoms with Crippen molar-refractivity contribution in [3.8, 4) is 0 Å². The fourth-order valence-corrected chi connectivity index (χ4v) is 3.30. The number of hydrogen-bond acceptors (Lipinski definition) is 2. The second kappa shape index (κ2) is 6.50. The van der Waals surface area contributed by atoms with Crippen molar-refractivity contribution >= 4 is 5.91 Å². The predicted octanol–water partition coefficient (Wildman–Crippen LogP) is 2.93. The first-order valence-electron chi connectivity index (χ1n) is 7.91. The van der Waals surface area contributed by atoms with Crippen molar-refractivity contribution < 1.29 is 9.18 Å². The van der Waals surface area contributed by atoms with Gasteiger partial charge < -0.3 is 10.6 Å². The molecule has 0 unspecified atom stereocenters. The SMILES string of the molecule is CN[C@@H]1c2ccccc2C[C@H]1NC(=O)[C@@H](C)c1ccc(F)cc1. The van der Waals surface area contributed by atoms with Crippen LogP contribution in [0, 0.1) is 5.82 Å². The highest BCUT2D eigenvalue weighted by molar-refractivity contribution is 5.83. The standard InChI is InChI=1S/C19H21FN2O/c1-12(13-7-9-15(20)10-8-13)19(23)22-17-11-14-5-3-4-6-16(14)18(17)21-2/h3-10,12,17-18,21H,11H2,1-2H3,(H,22,23)/t12-,17+,18+/m0/s1. The molecule has 0 spiro atoms. The van der Waals surface area contributed by atoms with Gasteiger partial charge in [-0.15, -0.1) is 0 Å². The summed E-state index contributed by atoms with van der Waals surface area (Å²) in [5, 5.41) is 6.44. The van der Waals surface area contributed by atoms with Gasteiger partial charge in [-0.3, -0.25) is 4.79 Å². The molecule has 0 heterocycles. The minimum atomic E-state index is -0.309. The number of amides is 1. The number of carbonyl (C=O) groups is 1. The van der Waals surface area contributed by atoms with Crippen LogP contribution >= 0.6 is 0 Å². The fraction of sp³-hybridized carbons (Fsp3) is 0.316. The summed E-state index contributed by atoms with van der Waals surface area (Å²) in [6.45, 7) is 1.85. The summed E-state index contributed by atoms with van der Waals surface area (Å²) < 4.78 is 13.0. The highest BCUT2D eigenvalue weighted by atomic mass is 19.1. The first-order chi connectivity index (χ1) is 11.1. The van der Waals surface area contributed by atoms with Crippen LogP contribution in [0.4, 0.5) is 4.39 Å². The summed E-state index contributed by atoms with van der Waals surface area (Å²) in [6, 6.07) is 14.5. The number of rotatable bonds is 4. The van der Waals surface area contributed by atoms with Gasteiger partial charge in [-0.2, -0.15) is 0 Å². The Balaban J connectivity index is 1.72. The molecular formula is C19H21FN2O. The maximum absolute atomic E-state index is 13.0. The molecule has 1 amide bonds. The molecule has 1 aliphatic carbocycles. The molecule has 2 aromatic rings. The summed E-state index contributed by atoms with van der Waals surface area (Å²) >= 11 is 0. The molecule has 2 N–H and O–H groups in total. The zero-order valence-corrected chi connectivity index (χ0v) is 13.3. The van der Waals surface area contributed by atoms with Crippen molar-refractivity contribution in [3.63, 3.8) is 0 Å². The molecule has 1 aliphatic rings. The van der Waals surface area contributed by atoms with Crippen LogP contribution in [0.25, 0.3) is 0 Å². The van der Waals surface area contributed by atoms with Crippen molar-refractivity contribution in [1.29, 1.82) is 0 Å². The molecule has 4 heteroatoms. The topological polar surface area (TPSA) is 41.1 Å². The number of nitrogens with one attached hydrogen (secondary N) is 2. The van der Waals surface area contributed by atoms with Crippen LogP contribution in [0.2, 0.25) is 0 Å². The van der Waals surface area contributed by atoms with Crippen LogP contribution in [-0.2, 0) is 11.2 Å². The number of likely N-dealkylation sites (N-methyl/N-ethyl adjacent to an activating group) is 1. The van der Waals surface area contributed by atoms with Gasteiger partial charge in [0.15, 0.2) is 0 Å². The third-order valence-electron chi connectivity index (χ3n) is 4.63. The van der Waals surface area contributed by atoms with E-state index in [1.54, 1.807) is 12.1 Å². The molecule has 120 valence electrons. The van der Waals surface area contributed by atoms with Gasteiger partial charge in [0.05, 0.1) is 18.0 Å². The molecule has 2 aromatic carbocycles. The Morgan fingerprint density at radius 1 is 1.17 bits per heavy atom. The summed E-state index contributed by atoms with van der Waals surface area (Å²) in [4.78, 5) is 12.6. The van der Waals surface area contributed by atoms with E-state index in [1.165, 1.54) is 23.3 Å². The van der Waals surface area contributed by atoms with E-state index in [9.17, 15) is 9.18 Å². The van der Waals surface area contributed by atoms with Crippen molar-refractivity contribution in [2.75, 3.05) is 7.05 Å². The number of halogens is 1. The number of fused-ring (bicyclic) bond motifs is 1. The van der Waals surface area contributed by atoms with E-state index in [0.29, 0.717) is 0 Å². The van der Waals surface area contributed by atoms with Crippen molar-refractivity contribution in [2.24, 2.45) is 0 Å². The summed E-state index contributed by atoms with van der Waals surface area (Å²) in [7, 11) is 1.91. The Morgan fingerprint density at radius 2 is 1.87 bits per heavy atom. The maximum atomic E-state index is 13.0. The van der Waals surface area contributed by atoms with Crippen molar-refractivity contribution in [3.05, 3.63) is 71.0 Å². The summed E-state index contributed by atoms with van der Waals surface area (Å²) in [6.07, 6.45) is 0.823. The molecule has 0 saturated heterocycles. The van der Waals surface area contributed by atoms with E-state index in [1.807, 2.05) is 26.1 Å². The second-order valence-electron chi connectivity index (χ2n) is 6.06. The van der Waals surface area contributed by atoms with Gasteiger partial charge in [0, 0.05) is 0 Å². The lowest BCUT2D eigenvalue weighted by Crippen LogP contribution is -2.43. The fourth-order valence-electron chi connectivity index (χ4n) is 3.30. The second-order valence-corrected chi connectivity index (χ2v) is 6.06. The van der Waals surface area contributed by atoms with Gasteiger partial charge in [0.2, 0.25) is 5.91 Å². The van der Waals surface area contributed by atoms with Crippen molar-refractivity contribution in [1.82, 2.24) is 10.6 Å². The Kier molecular flexibility index (Phi) is 4.44. The molecule has 3 rings (SSSR count). The molecule has 0 bridgehead atoms. The van der Waals surface area contributed by atoms with Crippen LogP contribution in [0.5, 0.6) is 0 Å². The van der Waals surface area contributed by atoms with Crippen LogP contribution in [0.1, 0.15) is 35.6 Å². The van der Waals surface area contributed by atoms with E-state index in [0.717, 1.165) is 12.0 Å². The van der Waals surface area contributed by atoms with E-state index >= 15 is 0 Å². The molecule has 23 heavy (non-hydrogen) atoms. The Labute approximate surface area is 135 Å².